The average molecular weight is 159 g/mol. The first-order chi connectivity index (χ1) is 5.22. The second-order valence-electron chi connectivity index (χ2n) is 3.07. The maximum atomic E-state index is 9.36. The zero-order valence-electron chi connectivity index (χ0n) is 7.93. The summed E-state index contributed by atoms with van der Waals surface area (Å²) in [6, 6.07) is 0.242. The van der Waals surface area contributed by atoms with Crippen LogP contribution in [0.5, 0.6) is 0 Å². The van der Waals surface area contributed by atoms with Crippen molar-refractivity contribution in [3.05, 3.63) is 0 Å². The van der Waals surface area contributed by atoms with Crippen LogP contribution in [0.1, 0.15) is 40.0 Å². The number of hydrogen-bond acceptors (Lipinski definition) is 2. The van der Waals surface area contributed by atoms with Crippen LogP contribution in [0.2, 0.25) is 0 Å². The molecular weight excluding hydrogens is 138 g/mol. The van der Waals surface area contributed by atoms with E-state index in [4.69, 9.17) is 0 Å². The van der Waals surface area contributed by atoms with Crippen molar-refractivity contribution in [2.75, 3.05) is 6.54 Å². The molecule has 0 spiro atoms. The van der Waals surface area contributed by atoms with Crippen molar-refractivity contribution < 1.29 is 5.11 Å². The van der Waals surface area contributed by atoms with E-state index in [9.17, 15) is 5.11 Å². The van der Waals surface area contributed by atoms with Gasteiger partial charge in [-0.3, -0.25) is 0 Å². The van der Waals surface area contributed by atoms with Gasteiger partial charge in [-0.1, -0.05) is 20.3 Å². The van der Waals surface area contributed by atoms with E-state index in [2.05, 4.69) is 12.2 Å². The van der Waals surface area contributed by atoms with Gasteiger partial charge in [-0.2, -0.15) is 0 Å². The molecule has 0 fully saturated rings. The minimum atomic E-state index is -0.188. The molecule has 0 aliphatic heterocycles. The summed E-state index contributed by atoms with van der Waals surface area (Å²) in [6.07, 6.45) is 3.05. The molecule has 0 aliphatic rings. The van der Waals surface area contributed by atoms with E-state index in [1.54, 1.807) is 0 Å². The molecule has 0 rings (SSSR count). The number of aliphatic hydroxyl groups is 1. The second-order valence-corrected chi connectivity index (χ2v) is 3.07. The molecule has 0 saturated carbocycles. The molecule has 2 heteroatoms. The Bertz CT molecular complexity index is 85.6. The highest BCUT2D eigenvalue weighted by Crippen LogP contribution is 1.97. The molecule has 0 radical (unpaired) electrons. The van der Waals surface area contributed by atoms with Crippen LogP contribution >= 0.6 is 0 Å². The van der Waals surface area contributed by atoms with Crippen molar-refractivity contribution in [1.29, 1.82) is 0 Å². The molecule has 11 heavy (non-hydrogen) atoms. The fraction of sp³-hybridized carbons (Fsp3) is 1.00. The van der Waals surface area contributed by atoms with Crippen molar-refractivity contribution >= 4 is 0 Å². The summed E-state index contributed by atoms with van der Waals surface area (Å²) in [5.41, 5.74) is 0. The van der Waals surface area contributed by atoms with Gasteiger partial charge < -0.3 is 10.4 Å². The van der Waals surface area contributed by atoms with Crippen molar-refractivity contribution in [2.45, 2.75) is 52.2 Å². The fourth-order valence-corrected chi connectivity index (χ4v) is 0.996. The molecule has 0 aromatic rings. The molecule has 2 N–H and O–H groups in total. The maximum absolute atomic E-state index is 9.36. The number of unbranched alkanes of at least 4 members (excludes halogenated alkanes) is 1. The highest BCUT2D eigenvalue weighted by Gasteiger charge is 2.09. The van der Waals surface area contributed by atoms with Gasteiger partial charge in [0.05, 0.1) is 6.10 Å². The first kappa shape index (κ1) is 10.9. The van der Waals surface area contributed by atoms with Crippen LogP contribution in [-0.4, -0.2) is 23.8 Å². The maximum Gasteiger partial charge on any atom is 0.0687 e. The quantitative estimate of drug-likeness (QED) is 0.576. The largest absolute Gasteiger partial charge is 0.392 e. The Morgan fingerprint density at radius 2 is 2.00 bits per heavy atom. The van der Waals surface area contributed by atoms with E-state index >= 15 is 0 Å². The first-order valence-electron chi connectivity index (χ1n) is 4.63. The normalized spacial score (nSPS) is 16.4. The van der Waals surface area contributed by atoms with Crippen molar-refractivity contribution in [2.24, 2.45) is 0 Å². The zero-order valence-corrected chi connectivity index (χ0v) is 7.93. The van der Waals surface area contributed by atoms with Gasteiger partial charge in [0.2, 0.25) is 0 Å². The Morgan fingerprint density at radius 3 is 2.45 bits per heavy atom. The van der Waals surface area contributed by atoms with Gasteiger partial charge in [-0.05, 0) is 26.3 Å². The van der Waals surface area contributed by atoms with Gasteiger partial charge in [-0.25, -0.2) is 0 Å². The predicted molar refractivity (Wildman–Crippen MR) is 48.7 cm³/mol. The van der Waals surface area contributed by atoms with E-state index < -0.39 is 0 Å². The Balaban J connectivity index is 3.28. The topological polar surface area (TPSA) is 32.3 Å². The minimum absolute atomic E-state index is 0.188. The summed E-state index contributed by atoms with van der Waals surface area (Å²) < 4.78 is 0. The monoisotopic (exact) mass is 159 g/mol. The van der Waals surface area contributed by atoms with E-state index in [0.717, 1.165) is 13.0 Å². The van der Waals surface area contributed by atoms with E-state index in [1.165, 1.54) is 12.8 Å². The van der Waals surface area contributed by atoms with Crippen LogP contribution in [0.15, 0.2) is 0 Å². The lowest BCUT2D eigenvalue weighted by molar-refractivity contribution is 0.130. The fourth-order valence-electron chi connectivity index (χ4n) is 0.996. The molecule has 0 saturated heterocycles. The third kappa shape index (κ3) is 5.22. The summed E-state index contributed by atoms with van der Waals surface area (Å²) in [5, 5.41) is 12.6. The van der Waals surface area contributed by atoms with Crippen LogP contribution < -0.4 is 5.32 Å². The molecule has 0 bridgehead atoms. The van der Waals surface area contributed by atoms with Crippen molar-refractivity contribution in [1.82, 2.24) is 5.32 Å². The highest BCUT2D eigenvalue weighted by molar-refractivity contribution is 4.68. The van der Waals surface area contributed by atoms with Crippen LogP contribution in [0.4, 0.5) is 0 Å². The molecule has 2 nitrogen and oxygen atoms in total. The summed E-state index contributed by atoms with van der Waals surface area (Å²) in [6.45, 7) is 7.23. The zero-order chi connectivity index (χ0) is 8.69. The van der Waals surface area contributed by atoms with E-state index in [1.807, 2.05) is 13.8 Å². The summed E-state index contributed by atoms with van der Waals surface area (Å²) in [5.74, 6) is 0. The van der Waals surface area contributed by atoms with Crippen LogP contribution in [0, 0.1) is 0 Å². The molecule has 68 valence electrons. The lowest BCUT2D eigenvalue weighted by atomic mass is 10.1. The van der Waals surface area contributed by atoms with Gasteiger partial charge in [-0.15, -0.1) is 0 Å². The van der Waals surface area contributed by atoms with Crippen LogP contribution in [-0.2, 0) is 0 Å². The third-order valence-corrected chi connectivity index (χ3v) is 1.99. The lowest BCUT2D eigenvalue weighted by Gasteiger charge is -2.18. The molecule has 0 amide bonds. The number of hydrogen-bond donors (Lipinski definition) is 2. The lowest BCUT2D eigenvalue weighted by Crippen LogP contribution is -2.37. The highest BCUT2D eigenvalue weighted by atomic mass is 16.3. The molecule has 0 aromatic heterocycles. The second kappa shape index (κ2) is 6.62. The molecule has 2 unspecified atom stereocenters. The SMILES string of the molecule is CCCCNC(C)C(O)CC. The van der Waals surface area contributed by atoms with Crippen molar-refractivity contribution in [3.8, 4) is 0 Å². The van der Waals surface area contributed by atoms with Gasteiger partial charge in [0.15, 0.2) is 0 Å². The number of rotatable bonds is 6. The first-order valence-corrected chi connectivity index (χ1v) is 4.63. The Labute approximate surface area is 70.0 Å². The predicted octanol–water partition coefficient (Wildman–Crippen LogP) is 1.54. The van der Waals surface area contributed by atoms with Gasteiger partial charge >= 0.3 is 0 Å². The van der Waals surface area contributed by atoms with Crippen LogP contribution in [0.25, 0.3) is 0 Å². The standard InChI is InChI=1S/C9H21NO/c1-4-6-7-10-8(3)9(11)5-2/h8-11H,4-7H2,1-3H3. The molecular formula is C9H21NO. The third-order valence-electron chi connectivity index (χ3n) is 1.99. The molecule has 2 atom stereocenters. The van der Waals surface area contributed by atoms with Gasteiger partial charge in [0, 0.05) is 6.04 Å². The Morgan fingerprint density at radius 1 is 1.36 bits per heavy atom. The van der Waals surface area contributed by atoms with Crippen LogP contribution in [0.3, 0.4) is 0 Å². The molecule has 0 heterocycles. The Kier molecular flexibility index (Phi) is 6.57. The van der Waals surface area contributed by atoms with Gasteiger partial charge in [0.1, 0.15) is 0 Å². The number of nitrogens with one attached hydrogen (secondary N) is 1. The Hall–Kier alpha value is -0.0800. The minimum Gasteiger partial charge on any atom is -0.392 e. The van der Waals surface area contributed by atoms with Crippen molar-refractivity contribution in [3.63, 3.8) is 0 Å². The molecule has 0 aromatic carbocycles. The average Bonchev–Trinajstić information content (AvgIpc) is 2.03. The number of aliphatic hydroxyl groups excluding tert-OH is 1. The van der Waals surface area contributed by atoms with Gasteiger partial charge in [0.25, 0.3) is 0 Å². The summed E-state index contributed by atoms with van der Waals surface area (Å²) in [7, 11) is 0. The smallest absolute Gasteiger partial charge is 0.0687 e. The van der Waals surface area contributed by atoms with E-state index in [0.29, 0.717) is 0 Å². The summed E-state index contributed by atoms with van der Waals surface area (Å²) >= 11 is 0. The molecule has 0 aliphatic carbocycles. The summed E-state index contributed by atoms with van der Waals surface area (Å²) in [4.78, 5) is 0. The van der Waals surface area contributed by atoms with E-state index in [-0.39, 0.29) is 12.1 Å².